The molecule has 0 heterocycles. The zero-order valence-electron chi connectivity index (χ0n) is 10.00. The van der Waals surface area contributed by atoms with Crippen LogP contribution in [0.25, 0.3) is 0 Å². The van der Waals surface area contributed by atoms with E-state index in [4.69, 9.17) is 5.26 Å². The van der Waals surface area contributed by atoms with Gasteiger partial charge in [0.15, 0.2) is 0 Å². The Morgan fingerprint density at radius 3 is 2.38 bits per heavy atom. The highest BCUT2D eigenvalue weighted by Crippen LogP contribution is 2.09. The molecule has 2 heteroatoms. The number of nitrogens with zero attached hydrogens (tertiary/aromatic N) is 1. The fraction of sp³-hybridized carbons (Fsp3) is 0.500. The topological polar surface area (TPSA) is 35.8 Å². The van der Waals surface area contributed by atoms with Gasteiger partial charge in [0.25, 0.3) is 0 Å². The van der Waals surface area contributed by atoms with Crippen molar-refractivity contribution in [2.45, 2.75) is 39.0 Å². The first-order valence-electron chi connectivity index (χ1n) is 6.11. The average Bonchev–Trinajstić information content (AvgIpc) is 2.34. The summed E-state index contributed by atoms with van der Waals surface area (Å²) in [6, 6.07) is 9.74. The summed E-state index contributed by atoms with van der Waals surface area (Å²) in [6.45, 7) is 3.25. The van der Waals surface area contributed by atoms with E-state index in [1.54, 1.807) is 0 Å². The molecule has 0 aliphatic rings. The van der Waals surface area contributed by atoms with Gasteiger partial charge in [0, 0.05) is 12.2 Å². The van der Waals surface area contributed by atoms with Crippen molar-refractivity contribution >= 4 is 5.69 Å². The Morgan fingerprint density at radius 1 is 1.06 bits per heavy atom. The lowest BCUT2D eigenvalue weighted by molar-refractivity contribution is 0.645. The first-order valence-corrected chi connectivity index (χ1v) is 6.11. The lowest BCUT2D eigenvalue weighted by Crippen LogP contribution is -2.01. The second-order valence-corrected chi connectivity index (χ2v) is 4.03. The van der Waals surface area contributed by atoms with Gasteiger partial charge in [-0.2, -0.15) is 5.26 Å². The number of unbranched alkanes of at least 4 members (excludes halogenated alkanes) is 4. The molecular weight excluding hydrogens is 196 g/mol. The van der Waals surface area contributed by atoms with E-state index in [0.717, 1.165) is 12.2 Å². The Kier molecular flexibility index (Phi) is 6.10. The molecule has 1 N–H and O–H groups in total. The minimum atomic E-state index is 0.716. The van der Waals surface area contributed by atoms with Crippen molar-refractivity contribution in [1.29, 1.82) is 5.26 Å². The molecule has 2 nitrogen and oxygen atoms in total. The van der Waals surface area contributed by atoms with Crippen LogP contribution in [0, 0.1) is 11.3 Å². The van der Waals surface area contributed by atoms with Crippen molar-refractivity contribution < 1.29 is 0 Å². The van der Waals surface area contributed by atoms with Crippen molar-refractivity contribution in [3.8, 4) is 6.07 Å². The second-order valence-electron chi connectivity index (χ2n) is 4.03. The van der Waals surface area contributed by atoms with Crippen LogP contribution in [0.3, 0.4) is 0 Å². The zero-order chi connectivity index (χ0) is 11.6. The Balaban J connectivity index is 2.15. The molecule has 0 aliphatic carbocycles. The fourth-order valence-corrected chi connectivity index (χ4v) is 1.62. The number of rotatable bonds is 7. The van der Waals surface area contributed by atoms with Crippen LogP contribution in [0.5, 0.6) is 0 Å². The number of hydrogen-bond acceptors (Lipinski definition) is 2. The highest BCUT2D eigenvalue weighted by atomic mass is 14.9. The summed E-state index contributed by atoms with van der Waals surface area (Å²) in [5, 5.41) is 12.0. The van der Waals surface area contributed by atoms with E-state index in [9.17, 15) is 0 Å². The van der Waals surface area contributed by atoms with Crippen LogP contribution in [0.15, 0.2) is 24.3 Å². The predicted octanol–water partition coefficient (Wildman–Crippen LogP) is 3.94. The van der Waals surface area contributed by atoms with Gasteiger partial charge in [-0.15, -0.1) is 0 Å². The molecule has 0 unspecified atom stereocenters. The summed E-state index contributed by atoms with van der Waals surface area (Å²) in [4.78, 5) is 0. The molecule has 0 saturated heterocycles. The van der Waals surface area contributed by atoms with Crippen molar-refractivity contribution in [1.82, 2.24) is 0 Å². The number of nitrogens with one attached hydrogen (secondary N) is 1. The summed E-state index contributed by atoms with van der Waals surface area (Å²) in [6.07, 6.45) is 6.50. The summed E-state index contributed by atoms with van der Waals surface area (Å²) < 4.78 is 0. The van der Waals surface area contributed by atoms with Crippen LogP contribution in [0.1, 0.15) is 44.6 Å². The Bertz CT molecular complexity index is 322. The van der Waals surface area contributed by atoms with Gasteiger partial charge >= 0.3 is 0 Å². The molecule has 1 rings (SSSR count). The minimum absolute atomic E-state index is 0.716. The maximum absolute atomic E-state index is 8.65. The zero-order valence-corrected chi connectivity index (χ0v) is 10.00. The Labute approximate surface area is 98.3 Å². The molecule has 0 amide bonds. The van der Waals surface area contributed by atoms with E-state index < -0.39 is 0 Å². The van der Waals surface area contributed by atoms with Crippen LogP contribution in [-0.2, 0) is 0 Å². The van der Waals surface area contributed by atoms with Crippen molar-refractivity contribution in [3.05, 3.63) is 29.8 Å². The molecular formula is C14H20N2. The van der Waals surface area contributed by atoms with E-state index >= 15 is 0 Å². The Morgan fingerprint density at radius 2 is 1.75 bits per heavy atom. The molecule has 1 aromatic rings. The molecule has 0 spiro atoms. The number of benzene rings is 1. The van der Waals surface area contributed by atoms with Crippen LogP contribution in [0.2, 0.25) is 0 Å². The van der Waals surface area contributed by atoms with Gasteiger partial charge in [-0.25, -0.2) is 0 Å². The van der Waals surface area contributed by atoms with E-state index in [0.29, 0.717) is 5.56 Å². The molecule has 0 atom stereocenters. The third-order valence-electron chi connectivity index (χ3n) is 2.62. The van der Waals surface area contributed by atoms with Gasteiger partial charge in [-0.3, -0.25) is 0 Å². The lowest BCUT2D eigenvalue weighted by Gasteiger charge is -2.05. The molecule has 0 saturated carbocycles. The monoisotopic (exact) mass is 216 g/mol. The van der Waals surface area contributed by atoms with E-state index in [1.165, 1.54) is 32.1 Å². The van der Waals surface area contributed by atoms with Gasteiger partial charge in [0.2, 0.25) is 0 Å². The molecule has 0 bridgehead atoms. The van der Waals surface area contributed by atoms with Crippen molar-refractivity contribution in [2.24, 2.45) is 0 Å². The standard InChI is InChI=1S/C14H20N2/c1-2-3-4-5-6-11-16-14-9-7-13(12-15)8-10-14/h7-10,16H,2-6,11H2,1H3. The quantitative estimate of drug-likeness (QED) is 0.701. The van der Waals surface area contributed by atoms with Gasteiger partial charge < -0.3 is 5.32 Å². The molecule has 0 fully saturated rings. The van der Waals surface area contributed by atoms with Crippen LogP contribution in [-0.4, -0.2) is 6.54 Å². The first-order chi connectivity index (χ1) is 7.86. The molecule has 0 radical (unpaired) electrons. The Hall–Kier alpha value is -1.49. The largest absolute Gasteiger partial charge is 0.385 e. The summed E-state index contributed by atoms with van der Waals surface area (Å²) in [5.41, 5.74) is 1.82. The third-order valence-corrected chi connectivity index (χ3v) is 2.62. The van der Waals surface area contributed by atoms with E-state index in [-0.39, 0.29) is 0 Å². The minimum Gasteiger partial charge on any atom is -0.385 e. The van der Waals surface area contributed by atoms with Gasteiger partial charge in [-0.1, -0.05) is 32.6 Å². The maximum Gasteiger partial charge on any atom is 0.0991 e. The van der Waals surface area contributed by atoms with Crippen molar-refractivity contribution in [3.63, 3.8) is 0 Å². The number of anilines is 1. The average molecular weight is 216 g/mol. The number of hydrogen-bond donors (Lipinski definition) is 1. The smallest absolute Gasteiger partial charge is 0.0991 e. The highest BCUT2D eigenvalue weighted by Gasteiger charge is 1.93. The van der Waals surface area contributed by atoms with Gasteiger partial charge in [0.05, 0.1) is 11.6 Å². The van der Waals surface area contributed by atoms with Crippen LogP contribution in [0.4, 0.5) is 5.69 Å². The molecule has 1 aromatic carbocycles. The van der Waals surface area contributed by atoms with Gasteiger partial charge in [-0.05, 0) is 30.7 Å². The molecule has 86 valence electrons. The summed E-state index contributed by atoms with van der Waals surface area (Å²) in [7, 11) is 0. The first kappa shape index (κ1) is 12.6. The fourth-order valence-electron chi connectivity index (χ4n) is 1.62. The normalized spacial score (nSPS) is 9.75. The highest BCUT2D eigenvalue weighted by molar-refractivity contribution is 5.46. The van der Waals surface area contributed by atoms with E-state index in [1.807, 2.05) is 24.3 Å². The predicted molar refractivity (Wildman–Crippen MR) is 68.4 cm³/mol. The molecule has 0 aromatic heterocycles. The van der Waals surface area contributed by atoms with Crippen LogP contribution >= 0.6 is 0 Å². The van der Waals surface area contributed by atoms with Crippen LogP contribution < -0.4 is 5.32 Å². The molecule has 16 heavy (non-hydrogen) atoms. The van der Waals surface area contributed by atoms with Gasteiger partial charge in [0.1, 0.15) is 0 Å². The van der Waals surface area contributed by atoms with E-state index in [2.05, 4.69) is 18.3 Å². The number of nitriles is 1. The summed E-state index contributed by atoms with van der Waals surface area (Å²) >= 11 is 0. The lowest BCUT2D eigenvalue weighted by atomic mass is 10.1. The maximum atomic E-state index is 8.65. The molecule has 0 aliphatic heterocycles. The summed E-state index contributed by atoms with van der Waals surface area (Å²) in [5.74, 6) is 0. The SMILES string of the molecule is CCCCCCCNc1ccc(C#N)cc1. The second kappa shape index (κ2) is 7.76. The van der Waals surface area contributed by atoms with Crippen molar-refractivity contribution in [2.75, 3.05) is 11.9 Å². The third kappa shape index (κ3) is 4.84.